The number of carboxylic acid groups (broad SMARTS) is 1. The third-order valence-corrected chi connectivity index (χ3v) is 3.14. The molecule has 7 nitrogen and oxygen atoms in total. The van der Waals surface area contributed by atoms with Gasteiger partial charge in [-0.05, 0) is 19.8 Å². The van der Waals surface area contributed by atoms with Crippen molar-refractivity contribution in [3.63, 3.8) is 0 Å². The summed E-state index contributed by atoms with van der Waals surface area (Å²) in [5.41, 5.74) is 0. The fraction of sp³-hybridized carbons (Fsp3) is 0.800. The van der Waals surface area contributed by atoms with Crippen molar-refractivity contribution in [3.05, 3.63) is 0 Å². The first-order valence-electron chi connectivity index (χ1n) is 5.76. The van der Waals surface area contributed by atoms with Gasteiger partial charge in [-0.15, -0.1) is 0 Å². The van der Waals surface area contributed by atoms with Crippen molar-refractivity contribution >= 4 is 19.5 Å². The Balaban J connectivity index is 3.59. The van der Waals surface area contributed by atoms with E-state index in [9.17, 15) is 14.2 Å². The summed E-state index contributed by atoms with van der Waals surface area (Å²) < 4.78 is 10.5. The first-order valence-corrected chi connectivity index (χ1v) is 7.56. The van der Waals surface area contributed by atoms with Gasteiger partial charge in [0, 0.05) is 18.6 Å². The number of hydrogen-bond donors (Lipinski definition) is 4. The predicted molar refractivity (Wildman–Crippen MR) is 65.2 cm³/mol. The molecule has 0 aromatic carbocycles. The highest BCUT2D eigenvalue weighted by Gasteiger charge is 2.13. The van der Waals surface area contributed by atoms with E-state index in [1.54, 1.807) is 6.92 Å². The van der Waals surface area contributed by atoms with Gasteiger partial charge in [0.15, 0.2) is 0 Å². The van der Waals surface area contributed by atoms with Crippen molar-refractivity contribution in [2.45, 2.75) is 45.1 Å². The van der Waals surface area contributed by atoms with Gasteiger partial charge in [0.25, 0.3) is 0 Å². The normalized spacial score (nSPS) is 13.1. The maximum absolute atomic E-state index is 11.3. The summed E-state index contributed by atoms with van der Waals surface area (Å²) in [7, 11) is -3.93. The van der Waals surface area contributed by atoms with Gasteiger partial charge >= 0.3 is 13.6 Å². The Bertz CT molecular complexity index is 326. The van der Waals surface area contributed by atoms with E-state index in [4.69, 9.17) is 14.9 Å². The van der Waals surface area contributed by atoms with Crippen LogP contribution in [0.5, 0.6) is 0 Å². The average Bonchev–Trinajstić information content (AvgIpc) is 2.13. The van der Waals surface area contributed by atoms with E-state index in [1.807, 2.05) is 0 Å². The molecule has 0 heterocycles. The number of carboxylic acids is 1. The van der Waals surface area contributed by atoms with E-state index < -0.39 is 19.6 Å². The Morgan fingerprint density at radius 1 is 1.22 bits per heavy atom. The van der Waals surface area contributed by atoms with Crippen molar-refractivity contribution in [1.82, 2.24) is 5.32 Å². The van der Waals surface area contributed by atoms with Crippen LogP contribution in [0, 0.1) is 0 Å². The second-order valence-electron chi connectivity index (χ2n) is 4.27. The van der Waals surface area contributed by atoms with E-state index in [1.165, 1.54) is 0 Å². The van der Waals surface area contributed by atoms with Crippen molar-refractivity contribution in [2.24, 2.45) is 0 Å². The number of amides is 1. The van der Waals surface area contributed by atoms with E-state index in [-0.39, 0.29) is 24.9 Å². The van der Waals surface area contributed by atoms with Gasteiger partial charge in [-0.1, -0.05) is 6.42 Å². The topological polar surface area (TPSA) is 124 Å². The van der Waals surface area contributed by atoms with Crippen LogP contribution in [0.1, 0.15) is 39.0 Å². The number of aliphatic carboxylic acids is 1. The Morgan fingerprint density at radius 2 is 1.83 bits per heavy atom. The molecule has 1 amide bonds. The number of rotatable bonds is 9. The highest BCUT2D eigenvalue weighted by Crippen LogP contribution is 2.35. The summed E-state index contributed by atoms with van der Waals surface area (Å²) in [5.74, 6) is -1.20. The zero-order valence-electron chi connectivity index (χ0n) is 10.3. The molecule has 0 radical (unpaired) electrons. The van der Waals surface area contributed by atoms with Gasteiger partial charge in [0.1, 0.15) is 0 Å². The van der Waals surface area contributed by atoms with E-state index in [0.717, 1.165) is 0 Å². The molecule has 0 aliphatic rings. The summed E-state index contributed by atoms with van der Waals surface area (Å²) >= 11 is 0. The number of carbonyl (C=O) groups excluding carboxylic acids is 1. The summed E-state index contributed by atoms with van der Waals surface area (Å²) in [6.45, 7) is 1.61. The first-order chi connectivity index (χ1) is 8.20. The number of nitrogens with one attached hydrogen (secondary N) is 1. The largest absolute Gasteiger partial charge is 0.481 e. The molecule has 0 spiro atoms. The fourth-order valence-corrected chi connectivity index (χ4v) is 2.08. The lowest BCUT2D eigenvalue weighted by Gasteiger charge is -2.11. The van der Waals surface area contributed by atoms with Crippen LogP contribution in [0.2, 0.25) is 0 Å². The summed E-state index contributed by atoms with van der Waals surface area (Å²) in [5, 5.41) is 11.0. The minimum Gasteiger partial charge on any atom is -0.481 e. The Morgan fingerprint density at radius 3 is 2.33 bits per heavy atom. The van der Waals surface area contributed by atoms with Gasteiger partial charge in [-0.25, -0.2) is 0 Å². The highest BCUT2D eigenvalue weighted by molar-refractivity contribution is 7.51. The average molecular weight is 281 g/mol. The third-order valence-electron chi connectivity index (χ3n) is 2.24. The van der Waals surface area contributed by atoms with Gasteiger partial charge in [0.05, 0.1) is 6.42 Å². The first kappa shape index (κ1) is 17.1. The second-order valence-corrected chi connectivity index (χ2v) is 6.04. The van der Waals surface area contributed by atoms with Crippen molar-refractivity contribution < 1.29 is 29.0 Å². The van der Waals surface area contributed by atoms with Gasteiger partial charge in [-0.2, -0.15) is 0 Å². The zero-order valence-corrected chi connectivity index (χ0v) is 11.2. The number of hydrogen-bond acceptors (Lipinski definition) is 3. The van der Waals surface area contributed by atoms with Crippen LogP contribution < -0.4 is 5.32 Å². The van der Waals surface area contributed by atoms with Crippen LogP contribution in [0.3, 0.4) is 0 Å². The smallest absolute Gasteiger partial charge is 0.325 e. The summed E-state index contributed by atoms with van der Waals surface area (Å²) in [6.07, 6.45) is 1.43. The summed E-state index contributed by atoms with van der Waals surface area (Å²) in [4.78, 5) is 38.9. The minimum atomic E-state index is -3.93. The molecule has 1 unspecified atom stereocenters. The molecule has 0 fully saturated rings. The quantitative estimate of drug-likeness (QED) is 0.364. The van der Waals surface area contributed by atoms with Crippen LogP contribution in [0.15, 0.2) is 0 Å². The molecule has 0 aliphatic heterocycles. The van der Waals surface area contributed by atoms with Crippen LogP contribution in [-0.4, -0.2) is 39.0 Å². The minimum absolute atomic E-state index is 0.121. The molecule has 8 heteroatoms. The van der Waals surface area contributed by atoms with Crippen LogP contribution >= 0.6 is 7.60 Å². The van der Waals surface area contributed by atoms with E-state index in [2.05, 4.69) is 5.32 Å². The molecular weight excluding hydrogens is 261 g/mol. The van der Waals surface area contributed by atoms with Crippen molar-refractivity contribution in [2.75, 3.05) is 6.16 Å². The maximum Gasteiger partial charge on any atom is 0.325 e. The van der Waals surface area contributed by atoms with E-state index >= 15 is 0 Å². The van der Waals surface area contributed by atoms with Gasteiger partial charge in [-0.3, -0.25) is 14.2 Å². The lowest BCUT2D eigenvalue weighted by Crippen LogP contribution is -2.33. The summed E-state index contributed by atoms with van der Waals surface area (Å²) in [6, 6.07) is -0.412. The molecule has 0 aliphatic carbocycles. The lowest BCUT2D eigenvalue weighted by molar-refractivity contribution is -0.137. The molecule has 0 rings (SSSR count). The molecule has 0 bridgehead atoms. The predicted octanol–water partition coefficient (Wildman–Crippen LogP) is 0.704. The van der Waals surface area contributed by atoms with E-state index in [0.29, 0.717) is 19.3 Å². The molecule has 0 aromatic heterocycles. The lowest BCUT2D eigenvalue weighted by atomic mass is 10.2. The third kappa shape index (κ3) is 11.6. The van der Waals surface area contributed by atoms with Gasteiger partial charge in [0.2, 0.25) is 5.91 Å². The molecule has 0 aromatic rings. The molecular formula is C10H20NO6P. The highest BCUT2D eigenvalue weighted by atomic mass is 31.2. The monoisotopic (exact) mass is 281 g/mol. The Hall–Kier alpha value is -0.910. The molecule has 106 valence electrons. The maximum atomic E-state index is 11.3. The molecule has 0 saturated carbocycles. The van der Waals surface area contributed by atoms with Crippen LogP contribution in [0.25, 0.3) is 0 Å². The van der Waals surface area contributed by atoms with Crippen LogP contribution in [0.4, 0.5) is 0 Å². The Kier molecular flexibility index (Phi) is 7.82. The number of carbonyl (C=O) groups is 2. The molecule has 0 saturated heterocycles. The fourth-order valence-electron chi connectivity index (χ4n) is 1.44. The second kappa shape index (κ2) is 8.24. The standard InChI is InChI=1S/C10H20NO6P/c1-8(7-10(13)14)11-9(12)5-3-2-4-6-18(15,16)17/h8H,2-7H2,1H3,(H,11,12)(H,13,14)(H2,15,16,17). The molecule has 1 atom stereocenters. The molecule has 18 heavy (non-hydrogen) atoms. The SMILES string of the molecule is CC(CC(=O)O)NC(=O)CCCCCP(=O)(O)O. The van der Waals surface area contributed by atoms with Gasteiger partial charge < -0.3 is 20.2 Å². The zero-order chi connectivity index (χ0) is 14.2. The number of unbranched alkanes of at least 4 members (excludes halogenated alkanes) is 2. The molecule has 4 N–H and O–H groups in total. The Labute approximate surface area is 106 Å². The van der Waals surface area contributed by atoms with Crippen molar-refractivity contribution in [3.8, 4) is 0 Å². The van der Waals surface area contributed by atoms with Crippen molar-refractivity contribution in [1.29, 1.82) is 0 Å². The van der Waals surface area contributed by atoms with Crippen LogP contribution in [-0.2, 0) is 14.2 Å².